The molecule has 8 nitrogen and oxygen atoms in total. The zero-order chi connectivity index (χ0) is 19.5. The van der Waals surface area contributed by atoms with Crippen LogP contribution in [-0.2, 0) is 17.8 Å². The number of Topliss-reactive ketones (excluding diaryl/α,β-unsaturated/α-hetero) is 1. The number of nitrogens with zero attached hydrogens (tertiary/aromatic N) is 5. The number of hydrogen-bond donors (Lipinski definition) is 0. The Balaban J connectivity index is 1.41. The van der Waals surface area contributed by atoms with Crippen molar-refractivity contribution in [2.45, 2.75) is 51.0 Å². The molecule has 0 spiro atoms. The monoisotopic (exact) mass is 401 g/mol. The third kappa shape index (κ3) is 4.05. The number of thioether (sulfide) groups is 1. The van der Waals surface area contributed by atoms with Crippen LogP contribution in [-0.4, -0.2) is 49.0 Å². The minimum atomic E-state index is 0.0652. The van der Waals surface area contributed by atoms with E-state index in [-0.39, 0.29) is 17.6 Å². The normalized spacial score (nSPS) is 16.7. The van der Waals surface area contributed by atoms with Crippen molar-refractivity contribution < 1.29 is 13.9 Å². The molecule has 3 aromatic rings. The van der Waals surface area contributed by atoms with Gasteiger partial charge in [-0.2, -0.15) is 0 Å². The molecular formula is C19H23N5O3S. The molecule has 0 bridgehead atoms. The average Bonchev–Trinajstić information content (AvgIpc) is 3.47. The average molecular weight is 401 g/mol. The van der Waals surface area contributed by atoms with Crippen molar-refractivity contribution >= 4 is 17.5 Å². The van der Waals surface area contributed by atoms with E-state index in [2.05, 4.69) is 20.1 Å². The molecule has 0 aliphatic carbocycles. The molecule has 0 radical (unpaired) electrons. The number of carbonyl (C=O) groups excluding carboxylic acids is 1. The predicted octanol–water partition coefficient (Wildman–Crippen LogP) is 2.89. The van der Waals surface area contributed by atoms with Crippen molar-refractivity contribution in [3.63, 3.8) is 0 Å². The third-order valence-corrected chi connectivity index (χ3v) is 5.96. The number of hydrogen-bond acceptors (Lipinski definition) is 7. The highest BCUT2D eigenvalue weighted by Crippen LogP contribution is 2.22. The summed E-state index contributed by atoms with van der Waals surface area (Å²) in [7, 11) is 0. The van der Waals surface area contributed by atoms with Crippen molar-refractivity contribution in [2.24, 2.45) is 0 Å². The molecule has 1 aliphatic rings. The fourth-order valence-corrected chi connectivity index (χ4v) is 4.26. The van der Waals surface area contributed by atoms with Crippen LogP contribution in [0.1, 0.15) is 40.3 Å². The molecule has 1 aliphatic heterocycles. The van der Waals surface area contributed by atoms with Crippen molar-refractivity contribution in [3.05, 3.63) is 47.2 Å². The van der Waals surface area contributed by atoms with Crippen molar-refractivity contribution in [1.82, 2.24) is 24.8 Å². The molecule has 0 saturated carbocycles. The Hall–Kier alpha value is -2.39. The second-order valence-corrected chi connectivity index (χ2v) is 7.88. The highest BCUT2D eigenvalue weighted by atomic mass is 32.2. The standard InChI is InChI=1S/C19H23N5O3S/c1-13-9-17(14(2)23(13)10-15-5-3-7-26-15)18(25)12-28-19-20-21-22-24(19)11-16-6-4-8-27-16/h3,5,7,9,16H,4,6,8,10-12H2,1-2H3. The number of tetrazole rings is 1. The van der Waals surface area contributed by atoms with Gasteiger partial charge < -0.3 is 13.7 Å². The minimum absolute atomic E-state index is 0.0652. The van der Waals surface area contributed by atoms with E-state index < -0.39 is 0 Å². The van der Waals surface area contributed by atoms with E-state index in [1.165, 1.54) is 11.8 Å². The second-order valence-electron chi connectivity index (χ2n) is 6.94. The third-order valence-electron chi connectivity index (χ3n) is 5.00. The summed E-state index contributed by atoms with van der Waals surface area (Å²) in [6.45, 7) is 6.00. The number of furan rings is 1. The lowest BCUT2D eigenvalue weighted by Crippen LogP contribution is -2.17. The fourth-order valence-electron chi connectivity index (χ4n) is 3.49. The highest BCUT2D eigenvalue weighted by molar-refractivity contribution is 7.99. The van der Waals surface area contributed by atoms with Gasteiger partial charge in [0.15, 0.2) is 5.78 Å². The van der Waals surface area contributed by atoms with Crippen LogP contribution < -0.4 is 0 Å². The van der Waals surface area contributed by atoms with Gasteiger partial charge in [-0.25, -0.2) is 4.68 Å². The Morgan fingerprint density at radius 3 is 3.04 bits per heavy atom. The Labute approximate surface area is 167 Å². The lowest BCUT2D eigenvalue weighted by Gasteiger charge is -2.10. The van der Waals surface area contributed by atoms with Gasteiger partial charge in [0.2, 0.25) is 5.16 Å². The first-order valence-corrected chi connectivity index (χ1v) is 10.3. The van der Waals surface area contributed by atoms with Gasteiger partial charge in [0.25, 0.3) is 0 Å². The lowest BCUT2D eigenvalue weighted by molar-refractivity contribution is 0.0912. The van der Waals surface area contributed by atoms with Gasteiger partial charge in [-0.15, -0.1) is 5.10 Å². The van der Waals surface area contributed by atoms with Gasteiger partial charge in [-0.05, 0) is 55.3 Å². The summed E-state index contributed by atoms with van der Waals surface area (Å²) in [5, 5.41) is 12.5. The molecule has 9 heteroatoms. The molecule has 1 atom stereocenters. The maximum Gasteiger partial charge on any atom is 0.209 e. The summed E-state index contributed by atoms with van der Waals surface area (Å²) >= 11 is 1.36. The second kappa shape index (κ2) is 8.32. The molecule has 0 amide bonds. The number of ketones is 1. The number of carbonyl (C=O) groups is 1. The fraction of sp³-hybridized carbons (Fsp3) is 0.474. The van der Waals surface area contributed by atoms with Crippen LogP contribution in [0.2, 0.25) is 0 Å². The molecule has 1 unspecified atom stereocenters. The maximum atomic E-state index is 12.8. The van der Waals surface area contributed by atoms with E-state index in [0.717, 1.165) is 42.2 Å². The molecule has 3 aromatic heterocycles. The van der Waals surface area contributed by atoms with E-state index in [0.29, 0.717) is 18.2 Å². The van der Waals surface area contributed by atoms with Crippen LogP contribution in [0.25, 0.3) is 0 Å². The van der Waals surface area contributed by atoms with E-state index in [1.54, 1.807) is 10.9 Å². The van der Waals surface area contributed by atoms with Gasteiger partial charge >= 0.3 is 0 Å². The molecule has 0 aromatic carbocycles. The van der Waals surface area contributed by atoms with Gasteiger partial charge in [0.1, 0.15) is 5.76 Å². The smallest absolute Gasteiger partial charge is 0.209 e. The number of aryl methyl sites for hydroxylation is 1. The van der Waals surface area contributed by atoms with Crippen molar-refractivity contribution in [1.29, 1.82) is 0 Å². The molecule has 4 heterocycles. The van der Waals surface area contributed by atoms with Crippen LogP contribution in [0.15, 0.2) is 34.0 Å². The molecule has 1 saturated heterocycles. The van der Waals surface area contributed by atoms with E-state index in [9.17, 15) is 4.79 Å². The van der Waals surface area contributed by atoms with E-state index >= 15 is 0 Å². The Kier molecular flexibility index (Phi) is 5.63. The molecule has 0 N–H and O–H groups in total. The predicted molar refractivity (Wildman–Crippen MR) is 104 cm³/mol. The zero-order valence-corrected chi connectivity index (χ0v) is 16.8. The first-order chi connectivity index (χ1) is 13.6. The number of rotatable bonds is 8. The van der Waals surface area contributed by atoms with E-state index in [4.69, 9.17) is 9.15 Å². The number of ether oxygens (including phenoxy) is 1. The molecular weight excluding hydrogens is 378 g/mol. The van der Waals surface area contributed by atoms with E-state index in [1.807, 2.05) is 32.0 Å². The lowest BCUT2D eigenvalue weighted by atomic mass is 10.2. The number of aromatic nitrogens is 5. The van der Waals surface area contributed by atoms with Gasteiger partial charge in [-0.1, -0.05) is 11.8 Å². The maximum absolute atomic E-state index is 12.8. The quantitative estimate of drug-likeness (QED) is 0.424. The van der Waals surface area contributed by atoms with Crippen LogP contribution in [0, 0.1) is 13.8 Å². The summed E-state index contributed by atoms with van der Waals surface area (Å²) in [5.74, 6) is 1.22. The summed E-state index contributed by atoms with van der Waals surface area (Å²) in [5.41, 5.74) is 2.71. The topological polar surface area (TPSA) is 88.0 Å². The zero-order valence-electron chi connectivity index (χ0n) is 16.0. The molecule has 4 rings (SSSR count). The molecule has 148 valence electrons. The molecule has 1 fully saturated rings. The highest BCUT2D eigenvalue weighted by Gasteiger charge is 2.21. The van der Waals surface area contributed by atoms with Crippen LogP contribution in [0.4, 0.5) is 0 Å². The van der Waals surface area contributed by atoms with Gasteiger partial charge in [0, 0.05) is 23.6 Å². The Morgan fingerprint density at radius 1 is 1.39 bits per heavy atom. The van der Waals surface area contributed by atoms with Crippen molar-refractivity contribution in [3.8, 4) is 0 Å². The summed E-state index contributed by atoms with van der Waals surface area (Å²) in [4.78, 5) is 12.8. The first-order valence-electron chi connectivity index (χ1n) is 9.34. The Morgan fingerprint density at radius 2 is 2.29 bits per heavy atom. The Bertz CT molecular complexity index is 941. The van der Waals surface area contributed by atoms with Crippen LogP contribution >= 0.6 is 11.8 Å². The van der Waals surface area contributed by atoms with Crippen molar-refractivity contribution in [2.75, 3.05) is 12.4 Å². The largest absolute Gasteiger partial charge is 0.467 e. The first kappa shape index (κ1) is 18.9. The molecule has 28 heavy (non-hydrogen) atoms. The van der Waals surface area contributed by atoms with Gasteiger partial charge in [0.05, 0.1) is 31.2 Å². The van der Waals surface area contributed by atoms with Crippen LogP contribution in [0.5, 0.6) is 0 Å². The summed E-state index contributed by atoms with van der Waals surface area (Å²) in [6.07, 6.45) is 3.90. The minimum Gasteiger partial charge on any atom is -0.467 e. The summed E-state index contributed by atoms with van der Waals surface area (Å²) < 4.78 is 14.9. The van der Waals surface area contributed by atoms with Gasteiger partial charge in [-0.3, -0.25) is 4.79 Å². The van der Waals surface area contributed by atoms with Crippen LogP contribution in [0.3, 0.4) is 0 Å². The SMILES string of the molecule is Cc1cc(C(=O)CSc2nnnn2CC2CCCO2)c(C)n1Cc1ccco1. The summed E-state index contributed by atoms with van der Waals surface area (Å²) in [6, 6.07) is 5.74.